The maximum absolute atomic E-state index is 3.83. The summed E-state index contributed by atoms with van der Waals surface area (Å²) in [7, 11) is 0. The number of rotatable bonds is 3. The molecule has 4 heteroatoms. The molecule has 0 N–H and O–H groups in total. The lowest BCUT2D eigenvalue weighted by molar-refractivity contribution is 0.700. The van der Waals surface area contributed by atoms with Crippen LogP contribution < -0.4 is 0 Å². The Morgan fingerprint density at radius 3 is 2.90 bits per heavy atom. The first kappa shape index (κ1) is 7.60. The molecule has 0 atom stereocenters. The van der Waals surface area contributed by atoms with E-state index in [1.165, 1.54) is 0 Å². The number of thioether (sulfide) groups is 1. The summed E-state index contributed by atoms with van der Waals surface area (Å²) in [6.07, 6.45) is 3.57. The highest BCUT2D eigenvalue weighted by Gasteiger charge is 1.94. The van der Waals surface area contributed by atoms with Crippen molar-refractivity contribution in [2.45, 2.75) is 25.0 Å². The Kier molecular flexibility index (Phi) is 2.74. The van der Waals surface area contributed by atoms with Gasteiger partial charge in [0.1, 0.15) is 0 Å². The average Bonchev–Trinajstić information content (AvgIpc) is 2.34. The van der Waals surface area contributed by atoms with Gasteiger partial charge < -0.3 is 0 Å². The molecule has 1 aromatic heterocycles. The van der Waals surface area contributed by atoms with Crippen LogP contribution in [0.1, 0.15) is 13.8 Å². The third-order valence-corrected chi connectivity index (χ3v) is 2.09. The quantitative estimate of drug-likeness (QED) is 0.664. The minimum absolute atomic E-state index is 0.657. The summed E-state index contributed by atoms with van der Waals surface area (Å²) < 4.78 is 1.82. The second-order valence-electron chi connectivity index (χ2n) is 2.29. The van der Waals surface area contributed by atoms with E-state index in [4.69, 9.17) is 0 Å². The Morgan fingerprint density at radius 2 is 2.40 bits per heavy atom. The van der Waals surface area contributed by atoms with Gasteiger partial charge in [0.05, 0.1) is 12.1 Å². The van der Waals surface area contributed by atoms with Crippen LogP contribution in [0.25, 0.3) is 0 Å². The molecule has 56 valence electrons. The molecule has 0 saturated carbocycles. The molecule has 0 unspecified atom stereocenters. The summed E-state index contributed by atoms with van der Waals surface area (Å²) >= 11 is 1.85. The largest absolute Gasteiger partial charge is 0.243 e. The number of hydrogen-bond acceptors (Lipinski definition) is 3. The standard InChI is InChI=1S/C6H11N3S/c1-6(2)10-5-9-4-3-7-8-9/h3-4,6H,5H2,1-2H3. The maximum atomic E-state index is 3.83. The van der Waals surface area contributed by atoms with Gasteiger partial charge in [0, 0.05) is 11.4 Å². The third kappa shape index (κ3) is 2.39. The maximum Gasteiger partial charge on any atom is 0.0883 e. The van der Waals surface area contributed by atoms with Gasteiger partial charge in [0.25, 0.3) is 0 Å². The molecule has 0 aliphatic carbocycles. The fourth-order valence-electron chi connectivity index (χ4n) is 0.527. The van der Waals surface area contributed by atoms with Gasteiger partial charge in [-0.3, -0.25) is 0 Å². The van der Waals surface area contributed by atoms with E-state index in [1.54, 1.807) is 6.20 Å². The Bertz CT molecular complexity index is 171. The zero-order valence-electron chi connectivity index (χ0n) is 6.19. The van der Waals surface area contributed by atoms with E-state index in [1.807, 2.05) is 22.6 Å². The van der Waals surface area contributed by atoms with Crippen molar-refractivity contribution in [3.05, 3.63) is 12.4 Å². The molecule has 0 fully saturated rings. The summed E-state index contributed by atoms with van der Waals surface area (Å²) in [5, 5.41) is 8.19. The van der Waals surface area contributed by atoms with Crippen molar-refractivity contribution in [2.75, 3.05) is 0 Å². The van der Waals surface area contributed by atoms with E-state index in [0.717, 1.165) is 5.88 Å². The van der Waals surface area contributed by atoms with Crippen LogP contribution in [-0.2, 0) is 5.88 Å². The van der Waals surface area contributed by atoms with Gasteiger partial charge in [0.2, 0.25) is 0 Å². The molecule has 0 bridgehead atoms. The molecule has 0 saturated heterocycles. The van der Waals surface area contributed by atoms with Crippen LogP contribution in [0, 0.1) is 0 Å². The molecule has 0 radical (unpaired) electrons. The molecule has 1 heterocycles. The summed E-state index contributed by atoms with van der Waals surface area (Å²) in [4.78, 5) is 0. The molecule has 1 rings (SSSR count). The fraction of sp³-hybridized carbons (Fsp3) is 0.667. The first-order valence-electron chi connectivity index (χ1n) is 3.25. The Morgan fingerprint density at radius 1 is 1.60 bits per heavy atom. The van der Waals surface area contributed by atoms with Crippen molar-refractivity contribution < 1.29 is 0 Å². The van der Waals surface area contributed by atoms with Crippen molar-refractivity contribution in [2.24, 2.45) is 0 Å². The minimum atomic E-state index is 0.657. The predicted molar refractivity (Wildman–Crippen MR) is 42.7 cm³/mol. The van der Waals surface area contributed by atoms with Crippen LogP contribution in [0.3, 0.4) is 0 Å². The van der Waals surface area contributed by atoms with Crippen LogP contribution in [-0.4, -0.2) is 20.2 Å². The van der Waals surface area contributed by atoms with E-state index >= 15 is 0 Å². The molecule has 0 aromatic carbocycles. The number of hydrogen-bond donors (Lipinski definition) is 0. The molecule has 1 aromatic rings. The van der Waals surface area contributed by atoms with Gasteiger partial charge in [-0.05, 0) is 0 Å². The van der Waals surface area contributed by atoms with Gasteiger partial charge in [0.15, 0.2) is 0 Å². The highest BCUT2D eigenvalue weighted by molar-refractivity contribution is 7.98. The normalized spacial score (nSPS) is 10.7. The molecule has 0 aliphatic rings. The summed E-state index contributed by atoms with van der Waals surface area (Å²) in [6, 6.07) is 0. The SMILES string of the molecule is CC(C)SCn1ccnn1. The lowest BCUT2D eigenvalue weighted by atomic mass is 10.6. The van der Waals surface area contributed by atoms with E-state index in [2.05, 4.69) is 24.2 Å². The fourth-order valence-corrected chi connectivity index (χ4v) is 1.12. The first-order valence-corrected chi connectivity index (χ1v) is 4.29. The van der Waals surface area contributed by atoms with Crippen LogP contribution in [0.15, 0.2) is 12.4 Å². The van der Waals surface area contributed by atoms with E-state index in [-0.39, 0.29) is 0 Å². The average molecular weight is 157 g/mol. The van der Waals surface area contributed by atoms with Crippen molar-refractivity contribution in [1.29, 1.82) is 0 Å². The van der Waals surface area contributed by atoms with Crippen molar-refractivity contribution in [3.8, 4) is 0 Å². The van der Waals surface area contributed by atoms with Crippen LogP contribution in [0.5, 0.6) is 0 Å². The molecular weight excluding hydrogens is 146 g/mol. The van der Waals surface area contributed by atoms with Gasteiger partial charge in [-0.25, -0.2) is 4.68 Å². The zero-order chi connectivity index (χ0) is 7.40. The van der Waals surface area contributed by atoms with E-state index in [9.17, 15) is 0 Å². The minimum Gasteiger partial charge on any atom is -0.243 e. The smallest absolute Gasteiger partial charge is 0.0883 e. The topological polar surface area (TPSA) is 30.7 Å². The van der Waals surface area contributed by atoms with Crippen LogP contribution >= 0.6 is 11.8 Å². The molecular formula is C6H11N3S. The van der Waals surface area contributed by atoms with Gasteiger partial charge in [-0.2, -0.15) is 0 Å². The second-order valence-corrected chi connectivity index (χ2v) is 3.82. The van der Waals surface area contributed by atoms with Crippen molar-refractivity contribution >= 4 is 11.8 Å². The summed E-state index contributed by atoms with van der Waals surface area (Å²) in [5.41, 5.74) is 0. The Labute approximate surface area is 64.8 Å². The van der Waals surface area contributed by atoms with E-state index < -0.39 is 0 Å². The lowest BCUT2D eigenvalue weighted by Crippen LogP contribution is -1.98. The predicted octanol–water partition coefficient (Wildman–Crippen LogP) is 1.38. The van der Waals surface area contributed by atoms with Gasteiger partial charge >= 0.3 is 0 Å². The van der Waals surface area contributed by atoms with Crippen LogP contribution in [0.2, 0.25) is 0 Å². The molecule has 0 aliphatic heterocycles. The third-order valence-electron chi connectivity index (χ3n) is 1.01. The Balaban J connectivity index is 2.28. The summed E-state index contributed by atoms with van der Waals surface area (Å²) in [6.45, 7) is 4.34. The number of aromatic nitrogens is 3. The molecule has 3 nitrogen and oxygen atoms in total. The van der Waals surface area contributed by atoms with Gasteiger partial charge in [-0.15, -0.1) is 16.9 Å². The monoisotopic (exact) mass is 157 g/mol. The molecule has 0 amide bonds. The lowest BCUT2D eigenvalue weighted by Gasteiger charge is -2.02. The number of nitrogens with zero attached hydrogens (tertiary/aromatic N) is 3. The molecule has 10 heavy (non-hydrogen) atoms. The zero-order valence-corrected chi connectivity index (χ0v) is 7.01. The van der Waals surface area contributed by atoms with Gasteiger partial charge in [-0.1, -0.05) is 19.1 Å². The highest BCUT2D eigenvalue weighted by Crippen LogP contribution is 2.10. The second kappa shape index (κ2) is 3.61. The van der Waals surface area contributed by atoms with Crippen LogP contribution in [0.4, 0.5) is 0 Å². The van der Waals surface area contributed by atoms with Crippen molar-refractivity contribution in [3.63, 3.8) is 0 Å². The highest BCUT2D eigenvalue weighted by atomic mass is 32.2. The first-order chi connectivity index (χ1) is 4.79. The van der Waals surface area contributed by atoms with E-state index in [0.29, 0.717) is 5.25 Å². The summed E-state index contributed by atoms with van der Waals surface area (Å²) in [5.74, 6) is 0.900. The van der Waals surface area contributed by atoms with Crippen molar-refractivity contribution in [1.82, 2.24) is 15.0 Å². The Hall–Kier alpha value is -0.510. The molecule has 0 spiro atoms.